The van der Waals surface area contributed by atoms with Crippen molar-refractivity contribution in [2.75, 3.05) is 30.9 Å². The van der Waals surface area contributed by atoms with E-state index in [0.717, 1.165) is 17.0 Å². The number of anilines is 3. The van der Waals surface area contributed by atoms with Crippen LogP contribution in [0.5, 0.6) is 17.2 Å². The van der Waals surface area contributed by atoms with Crippen LogP contribution in [0.25, 0.3) is 10.9 Å². The van der Waals surface area contributed by atoms with Crippen LogP contribution in [0.3, 0.4) is 0 Å². The summed E-state index contributed by atoms with van der Waals surface area (Å²) < 4.78 is 11.7. The average molecular weight is 740 g/mol. The Kier molecular flexibility index (Phi) is 12.8. The third-order valence-corrected chi connectivity index (χ3v) is 8.80. The predicted octanol–water partition coefficient (Wildman–Crippen LogP) is 5.70. The maximum Gasteiger partial charge on any atom is 0.257 e. The Balaban J connectivity index is 0.00000583. The summed E-state index contributed by atoms with van der Waals surface area (Å²) in [4.78, 5) is 56.3. The number of aromatic nitrogens is 3. The second-order valence-electron chi connectivity index (χ2n) is 13.2. The van der Waals surface area contributed by atoms with Crippen molar-refractivity contribution in [2.45, 2.75) is 65.6 Å². The molecule has 4 N–H and O–H groups in total. The minimum absolute atomic E-state index is 0. The predicted molar refractivity (Wildman–Crippen MR) is 201 cm³/mol. The van der Waals surface area contributed by atoms with E-state index in [4.69, 9.17) is 21.1 Å². The van der Waals surface area contributed by atoms with E-state index in [1.165, 1.54) is 13.4 Å². The van der Waals surface area contributed by atoms with Gasteiger partial charge in [0.25, 0.3) is 11.8 Å². The molecule has 1 aliphatic heterocycles. The Morgan fingerprint density at radius 2 is 1.82 bits per heavy atom. The number of amides is 3. The number of halogens is 2. The summed E-state index contributed by atoms with van der Waals surface area (Å²) in [5, 5.41) is 13.1. The first kappa shape index (κ1) is 39.2. The molecule has 3 atom stereocenters. The number of ether oxygens (including phenoxy) is 2. The zero-order valence-corrected chi connectivity index (χ0v) is 31.2. The van der Waals surface area contributed by atoms with Crippen LogP contribution in [-0.2, 0) is 14.4 Å². The number of benzene rings is 2. The van der Waals surface area contributed by atoms with Gasteiger partial charge in [0.05, 0.1) is 41.6 Å². The smallest absolute Gasteiger partial charge is 0.257 e. The number of aryl methyl sites for hydroxylation is 1. The molecule has 3 heterocycles. The molecule has 0 bridgehead atoms. The molecule has 5 rings (SSSR count). The van der Waals surface area contributed by atoms with Crippen LogP contribution in [-0.4, -0.2) is 71.5 Å². The minimum atomic E-state index is -1.06. The Morgan fingerprint density at radius 1 is 1.06 bits per heavy atom. The molecule has 0 radical (unpaired) electrons. The van der Waals surface area contributed by atoms with Crippen molar-refractivity contribution in [3.8, 4) is 17.2 Å². The molecule has 1 fully saturated rings. The first-order valence-electron chi connectivity index (χ1n) is 16.4. The van der Waals surface area contributed by atoms with Crippen LogP contribution in [0.2, 0.25) is 5.02 Å². The molecule has 1 aliphatic rings. The van der Waals surface area contributed by atoms with Gasteiger partial charge in [-0.1, -0.05) is 32.4 Å². The highest BCUT2D eigenvalue weighted by Gasteiger charge is 2.42. The first-order chi connectivity index (χ1) is 23.8. The number of carbonyl (C=O) groups excluding carboxylic acids is 3. The van der Waals surface area contributed by atoms with Gasteiger partial charge < -0.3 is 30.7 Å². The van der Waals surface area contributed by atoms with E-state index < -0.39 is 35.4 Å². The van der Waals surface area contributed by atoms with Gasteiger partial charge in [0.2, 0.25) is 5.91 Å². The maximum atomic E-state index is 14.6. The monoisotopic (exact) mass is 738 g/mol. The zero-order valence-electron chi connectivity index (χ0n) is 29.7. The van der Waals surface area contributed by atoms with E-state index in [1.807, 2.05) is 39.8 Å². The summed E-state index contributed by atoms with van der Waals surface area (Å²) in [6.45, 7) is 9.74. The molecular weight excluding hydrogens is 695 g/mol. The third-order valence-electron chi connectivity index (χ3n) is 8.51. The molecule has 1 saturated heterocycles. The number of pyridine rings is 1. The maximum absolute atomic E-state index is 14.6. The summed E-state index contributed by atoms with van der Waals surface area (Å²) in [6, 6.07) is 9.96. The standard InChI is InChI=1S/C36H43ClN8O5.ClH/c1-20-10-12-23(18-40-20)50-29-13-11-22(15-25(29)37)43-32-24-16-28(30(49-7)17-27(24)41-19-42-32)45(34(47)26-9-8-14-39-26)35(48)31(36(3,4)5)44-33(46)21(2)38-6;/h10-13,15-19,21,26,31,38-39H,8-9,14H2,1-7H3,(H,44,46)(H,41,42,43);1H/t21-,26-,31+;/m0./s1. The number of hydrogen-bond donors (Lipinski definition) is 4. The Bertz CT molecular complexity index is 1880. The topological polar surface area (TPSA) is 160 Å². The van der Waals surface area contributed by atoms with Gasteiger partial charge in [0.1, 0.15) is 35.4 Å². The number of hydrogen-bond acceptors (Lipinski definition) is 11. The quantitative estimate of drug-likeness (QED) is 0.149. The van der Waals surface area contributed by atoms with E-state index >= 15 is 0 Å². The van der Waals surface area contributed by atoms with Crippen molar-refractivity contribution in [3.05, 3.63) is 65.7 Å². The number of carbonyl (C=O) groups is 3. The van der Waals surface area contributed by atoms with Crippen molar-refractivity contribution < 1.29 is 23.9 Å². The summed E-state index contributed by atoms with van der Waals surface area (Å²) in [5.41, 5.74) is 1.42. The Morgan fingerprint density at radius 3 is 2.43 bits per heavy atom. The number of nitrogens with zero attached hydrogens (tertiary/aromatic N) is 4. The number of likely N-dealkylation sites (N-methyl/N-ethyl adjacent to an activating group) is 1. The molecule has 15 heteroatoms. The second-order valence-corrected chi connectivity index (χ2v) is 13.7. The Hall–Kier alpha value is -4.56. The Labute approximate surface area is 308 Å². The lowest BCUT2D eigenvalue weighted by atomic mass is 9.85. The lowest BCUT2D eigenvalue weighted by Gasteiger charge is -2.36. The summed E-state index contributed by atoms with van der Waals surface area (Å²) >= 11 is 6.61. The third kappa shape index (κ3) is 9.03. The fraction of sp³-hybridized carbons (Fsp3) is 0.389. The first-order valence-corrected chi connectivity index (χ1v) is 16.8. The van der Waals surface area contributed by atoms with E-state index in [1.54, 1.807) is 50.5 Å². The van der Waals surface area contributed by atoms with Gasteiger partial charge in [-0.2, -0.15) is 0 Å². The van der Waals surface area contributed by atoms with Crippen LogP contribution >= 0.6 is 24.0 Å². The SMILES string of the molecule is CN[C@@H](C)C(=O)N[C@H](C(=O)N(C(=O)[C@@H]1CCCN1)c1cc2c(Nc3ccc(Oc4ccc(C)nc4)c(Cl)c3)ncnc2cc1OC)C(C)(C)C.Cl. The molecular formula is C36H44Cl2N8O5. The van der Waals surface area contributed by atoms with Gasteiger partial charge in [-0.3, -0.25) is 19.4 Å². The van der Waals surface area contributed by atoms with Crippen molar-refractivity contribution in [1.82, 2.24) is 30.9 Å². The summed E-state index contributed by atoms with van der Waals surface area (Å²) in [7, 11) is 3.12. The summed E-state index contributed by atoms with van der Waals surface area (Å²) in [6.07, 6.45) is 4.36. The van der Waals surface area contributed by atoms with E-state index in [0.29, 0.717) is 51.9 Å². The highest BCUT2D eigenvalue weighted by atomic mass is 35.5. The highest BCUT2D eigenvalue weighted by Crippen LogP contribution is 2.38. The zero-order chi connectivity index (χ0) is 36.2. The van der Waals surface area contributed by atoms with Gasteiger partial charge in [-0.05, 0) is 82.1 Å². The number of nitrogens with one attached hydrogen (secondary N) is 4. The van der Waals surface area contributed by atoms with Gasteiger partial charge in [0, 0.05) is 22.8 Å². The molecule has 0 saturated carbocycles. The van der Waals surface area contributed by atoms with Gasteiger partial charge >= 0.3 is 0 Å². The molecule has 272 valence electrons. The second kappa shape index (κ2) is 16.6. The molecule has 2 aromatic heterocycles. The number of fused-ring (bicyclic) bond motifs is 1. The molecule has 0 aliphatic carbocycles. The molecule has 4 aromatic rings. The molecule has 13 nitrogen and oxygen atoms in total. The van der Waals surface area contributed by atoms with Gasteiger partial charge in [-0.15, -0.1) is 12.4 Å². The fourth-order valence-electron chi connectivity index (χ4n) is 5.52. The number of methoxy groups -OCH3 is 1. The van der Waals surface area contributed by atoms with E-state index in [2.05, 4.69) is 36.2 Å². The van der Waals surface area contributed by atoms with Crippen molar-refractivity contribution >= 4 is 69.8 Å². The van der Waals surface area contributed by atoms with Crippen molar-refractivity contribution in [3.63, 3.8) is 0 Å². The van der Waals surface area contributed by atoms with Crippen molar-refractivity contribution in [1.29, 1.82) is 0 Å². The van der Waals surface area contributed by atoms with Crippen LogP contribution < -0.4 is 35.6 Å². The normalized spacial score (nSPS) is 15.3. The van der Waals surface area contributed by atoms with Crippen LogP contribution in [0.1, 0.15) is 46.2 Å². The van der Waals surface area contributed by atoms with Gasteiger partial charge in [-0.25, -0.2) is 14.9 Å². The lowest BCUT2D eigenvalue weighted by Crippen LogP contribution is -2.60. The van der Waals surface area contributed by atoms with Gasteiger partial charge in [0.15, 0.2) is 0 Å². The largest absolute Gasteiger partial charge is 0.494 e. The molecule has 51 heavy (non-hydrogen) atoms. The molecule has 3 amide bonds. The molecule has 0 spiro atoms. The number of rotatable bonds is 11. The van der Waals surface area contributed by atoms with Crippen LogP contribution in [0, 0.1) is 12.3 Å². The highest BCUT2D eigenvalue weighted by molar-refractivity contribution is 6.32. The molecule has 2 aromatic carbocycles. The minimum Gasteiger partial charge on any atom is -0.494 e. The van der Waals surface area contributed by atoms with E-state index in [-0.39, 0.29) is 29.8 Å². The van der Waals surface area contributed by atoms with Crippen LogP contribution in [0.15, 0.2) is 55.0 Å². The fourth-order valence-corrected chi connectivity index (χ4v) is 5.74. The number of imide groups is 1. The van der Waals surface area contributed by atoms with E-state index in [9.17, 15) is 14.4 Å². The van der Waals surface area contributed by atoms with Crippen molar-refractivity contribution in [2.24, 2.45) is 5.41 Å². The summed E-state index contributed by atoms with van der Waals surface area (Å²) in [5.74, 6) is 0.222. The average Bonchev–Trinajstić information content (AvgIpc) is 3.63. The molecule has 0 unspecified atom stereocenters. The van der Waals surface area contributed by atoms with Crippen LogP contribution in [0.4, 0.5) is 17.2 Å². The lowest BCUT2D eigenvalue weighted by molar-refractivity contribution is -0.134.